The lowest BCUT2D eigenvalue weighted by atomic mass is 9.96. The van der Waals surface area contributed by atoms with E-state index in [0.29, 0.717) is 28.5 Å². The van der Waals surface area contributed by atoms with E-state index in [2.05, 4.69) is 22.3 Å². The molecule has 2 amide bonds. The van der Waals surface area contributed by atoms with E-state index in [1.54, 1.807) is 24.8 Å². The van der Waals surface area contributed by atoms with Gasteiger partial charge in [0.1, 0.15) is 4.88 Å². The van der Waals surface area contributed by atoms with Crippen LogP contribution in [0.1, 0.15) is 48.5 Å². The molecule has 0 aliphatic carbocycles. The summed E-state index contributed by atoms with van der Waals surface area (Å²) in [6.07, 6.45) is -0.868. The number of esters is 1. The lowest BCUT2D eigenvalue weighted by Crippen LogP contribution is -2.51. The lowest BCUT2D eigenvalue weighted by molar-refractivity contribution is -0.141. The number of hydrogen-bond acceptors (Lipinski definition) is 6. The van der Waals surface area contributed by atoms with E-state index in [1.165, 1.54) is 5.56 Å². The molecule has 0 bridgehead atoms. The number of nitrogens with zero attached hydrogens (tertiary/aromatic N) is 2. The number of carbonyl (C=O) groups excluding carboxylic acids is 3. The van der Waals surface area contributed by atoms with Crippen LogP contribution in [0.15, 0.2) is 36.4 Å². The average molecular weight is 472 g/mol. The number of ether oxygens (including phenoxy) is 1. The van der Waals surface area contributed by atoms with Gasteiger partial charge in [-0.3, -0.25) is 14.5 Å². The Balaban J connectivity index is 1.52. The number of carbonyl (C=O) groups is 3. The topological polar surface area (TPSA) is 78.9 Å². The van der Waals surface area contributed by atoms with Gasteiger partial charge in [0.25, 0.3) is 5.91 Å². The van der Waals surface area contributed by atoms with Crippen molar-refractivity contribution in [1.82, 2.24) is 9.80 Å². The van der Waals surface area contributed by atoms with Gasteiger partial charge in [-0.1, -0.05) is 51.1 Å². The lowest BCUT2D eigenvalue weighted by Gasteiger charge is -2.35. The van der Waals surface area contributed by atoms with Gasteiger partial charge >= 0.3 is 5.97 Å². The number of thiophene rings is 1. The monoisotopic (exact) mass is 471 g/mol. The van der Waals surface area contributed by atoms with Crippen LogP contribution in [0, 0.1) is 12.3 Å². The van der Waals surface area contributed by atoms with E-state index in [9.17, 15) is 14.4 Å². The second kappa shape index (κ2) is 10.5. The van der Waals surface area contributed by atoms with Crippen molar-refractivity contribution >= 4 is 34.1 Å². The van der Waals surface area contributed by atoms with Gasteiger partial charge in [0.05, 0.1) is 5.00 Å². The second-order valence-corrected chi connectivity index (χ2v) is 10.5. The third-order valence-electron chi connectivity index (χ3n) is 5.59. The zero-order valence-corrected chi connectivity index (χ0v) is 20.8. The molecule has 1 N–H and O–H groups in total. The number of piperazine rings is 1. The minimum Gasteiger partial charge on any atom is -0.448 e. The smallest absolute Gasteiger partial charge is 0.349 e. The summed E-state index contributed by atoms with van der Waals surface area (Å²) in [5.74, 6) is -0.853. The Labute approximate surface area is 199 Å². The van der Waals surface area contributed by atoms with Gasteiger partial charge in [-0.2, -0.15) is 0 Å². The predicted octanol–water partition coefficient (Wildman–Crippen LogP) is 3.93. The van der Waals surface area contributed by atoms with E-state index in [0.717, 1.165) is 31.0 Å². The summed E-state index contributed by atoms with van der Waals surface area (Å²) >= 11 is 1.16. The van der Waals surface area contributed by atoms with Crippen molar-refractivity contribution < 1.29 is 19.1 Å². The highest BCUT2D eigenvalue weighted by Gasteiger charge is 2.29. The standard InChI is InChI=1S/C25H33N3O4S/c1-17-15-20(26-24(31)25(3,4)5)33-21(17)23(30)32-18(2)22(29)28-13-11-27(12-14-28)16-19-9-7-6-8-10-19/h6-10,15,18H,11-14,16H2,1-5H3,(H,26,31)/t18-/m0/s1. The fourth-order valence-electron chi connectivity index (χ4n) is 3.54. The maximum atomic E-state index is 12.9. The molecule has 1 atom stereocenters. The Morgan fingerprint density at radius 3 is 2.33 bits per heavy atom. The summed E-state index contributed by atoms with van der Waals surface area (Å²) in [4.78, 5) is 42.3. The molecule has 1 aromatic carbocycles. The van der Waals surface area contributed by atoms with Gasteiger partial charge in [-0.15, -0.1) is 11.3 Å². The van der Waals surface area contributed by atoms with Gasteiger partial charge in [-0.05, 0) is 31.0 Å². The van der Waals surface area contributed by atoms with Crippen molar-refractivity contribution in [3.63, 3.8) is 0 Å². The van der Waals surface area contributed by atoms with Crippen molar-refractivity contribution in [3.8, 4) is 0 Å². The van der Waals surface area contributed by atoms with Crippen LogP contribution in [-0.2, 0) is 20.9 Å². The maximum absolute atomic E-state index is 12.9. The molecule has 3 rings (SSSR count). The molecule has 33 heavy (non-hydrogen) atoms. The largest absolute Gasteiger partial charge is 0.448 e. The Bertz CT molecular complexity index is 989. The fraction of sp³-hybridized carbons (Fsp3) is 0.480. The molecule has 0 spiro atoms. The summed E-state index contributed by atoms with van der Waals surface area (Å²) in [5, 5.41) is 3.43. The third kappa shape index (κ3) is 6.65. The summed E-state index contributed by atoms with van der Waals surface area (Å²) in [6.45, 7) is 12.5. The first-order valence-corrected chi connectivity index (χ1v) is 12.0. The zero-order valence-electron chi connectivity index (χ0n) is 20.0. The summed E-state index contributed by atoms with van der Waals surface area (Å²) in [6, 6.07) is 12.0. The van der Waals surface area contributed by atoms with Crippen LogP contribution in [-0.4, -0.2) is 59.9 Å². The second-order valence-electron chi connectivity index (χ2n) is 9.46. The van der Waals surface area contributed by atoms with E-state index >= 15 is 0 Å². The molecule has 1 saturated heterocycles. The Kier molecular flexibility index (Phi) is 7.92. The Hall–Kier alpha value is -2.71. The van der Waals surface area contributed by atoms with Crippen molar-refractivity contribution in [2.45, 2.75) is 47.3 Å². The number of nitrogens with one attached hydrogen (secondary N) is 1. The van der Waals surface area contributed by atoms with Crippen LogP contribution in [0.3, 0.4) is 0 Å². The number of aryl methyl sites for hydroxylation is 1. The third-order valence-corrected chi connectivity index (χ3v) is 6.72. The van der Waals surface area contributed by atoms with Crippen LogP contribution < -0.4 is 5.32 Å². The predicted molar refractivity (Wildman–Crippen MR) is 130 cm³/mol. The Morgan fingerprint density at radius 1 is 1.09 bits per heavy atom. The van der Waals surface area contributed by atoms with Crippen molar-refractivity contribution in [2.75, 3.05) is 31.5 Å². The molecule has 0 saturated carbocycles. The normalized spacial score (nSPS) is 15.7. The first kappa shape index (κ1) is 24.9. The molecular formula is C25H33N3O4S. The summed E-state index contributed by atoms with van der Waals surface area (Å²) in [7, 11) is 0. The first-order chi connectivity index (χ1) is 15.5. The van der Waals surface area contributed by atoms with E-state index in [4.69, 9.17) is 4.74 Å². The van der Waals surface area contributed by atoms with Gasteiger partial charge in [-0.25, -0.2) is 4.79 Å². The van der Waals surface area contributed by atoms with Gasteiger partial charge < -0.3 is 15.0 Å². The maximum Gasteiger partial charge on any atom is 0.349 e. The molecule has 2 aromatic rings. The zero-order chi connectivity index (χ0) is 24.2. The molecule has 1 aliphatic rings. The molecule has 8 heteroatoms. The van der Waals surface area contributed by atoms with E-state index in [-0.39, 0.29) is 11.8 Å². The SMILES string of the molecule is Cc1cc(NC(=O)C(C)(C)C)sc1C(=O)O[C@@H](C)C(=O)N1CCN(Cc2ccccc2)CC1. The van der Waals surface area contributed by atoms with Crippen LogP contribution in [0.2, 0.25) is 0 Å². The van der Waals surface area contributed by atoms with Crippen molar-refractivity contribution in [1.29, 1.82) is 0 Å². The van der Waals surface area contributed by atoms with Crippen LogP contribution in [0.4, 0.5) is 5.00 Å². The molecule has 0 unspecified atom stereocenters. The van der Waals surface area contributed by atoms with Gasteiger partial charge in [0, 0.05) is 38.1 Å². The molecule has 178 valence electrons. The van der Waals surface area contributed by atoms with Gasteiger partial charge in [0.15, 0.2) is 6.10 Å². The molecule has 1 aliphatic heterocycles. The quantitative estimate of drug-likeness (QED) is 0.646. The number of hydrogen-bond donors (Lipinski definition) is 1. The summed E-state index contributed by atoms with van der Waals surface area (Å²) < 4.78 is 5.49. The number of benzene rings is 1. The molecule has 1 fully saturated rings. The minimum absolute atomic E-state index is 0.126. The molecule has 0 radical (unpaired) electrons. The highest BCUT2D eigenvalue weighted by Crippen LogP contribution is 2.29. The number of rotatable bonds is 6. The molecule has 1 aromatic heterocycles. The minimum atomic E-state index is -0.868. The van der Waals surface area contributed by atoms with Crippen LogP contribution in [0.25, 0.3) is 0 Å². The fourth-order valence-corrected chi connectivity index (χ4v) is 4.49. The highest BCUT2D eigenvalue weighted by atomic mass is 32.1. The molecule has 2 heterocycles. The molecule has 7 nitrogen and oxygen atoms in total. The van der Waals surface area contributed by atoms with Crippen LogP contribution in [0.5, 0.6) is 0 Å². The van der Waals surface area contributed by atoms with Crippen molar-refractivity contribution in [3.05, 3.63) is 52.4 Å². The first-order valence-electron chi connectivity index (χ1n) is 11.2. The van der Waals surface area contributed by atoms with Gasteiger partial charge in [0.2, 0.25) is 5.91 Å². The van der Waals surface area contributed by atoms with Crippen molar-refractivity contribution in [2.24, 2.45) is 5.41 Å². The molecular weight excluding hydrogens is 438 g/mol. The summed E-state index contributed by atoms with van der Waals surface area (Å²) in [5.41, 5.74) is 1.43. The Morgan fingerprint density at radius 2 is 1.73 bits per heavy atom. The van der Waals surface area contributed by atoms with E-state index < -0.39 is 17.5 Å². The number of amides is 2. The van der Waals surface area contributed by atoms with Crippen LogP contribution >= 0.6 is 11.3 Å². The average Bonchev–Trinajstić information content (AvgIpc) is 3.14. The number of anilines is 1. The highest BCUT2D eigenvalue weighted by molar-refractivity contribution is 7.18. The van der Waals surface area contributed by atoms with E-state index in [1.807, 2.05) is 39.0 Å².